The van der Waals surface area contributed by atoms with Gasteiger partial charge >= 0.3 is 0 Å². The van der Waals surface area contributed by atoms with E-state index in [9.17, 15) is 0 Å². The molecule has 0 amide bonds. The third-order valence-corrected chi connectivity index (χ3v) is 2.97. The quantitative estimate of drug-likeness (QED) is 0.765. The fourth-order valence-electron chi connectivity index (χ4n) is 2.16. The summed E-state index contributed by atoms with van der Waals surface area (Å²) in [5, 5.41) is 3.53. The molecule has 1 fully saturated rings. The Kier molecular flexibility index (Phi) is 3.22. The Bertz CT molecular complexity index is 258. The van der Waals surface area contributed by atoms with Crippen molar-refractivity contribution in [2.75, 3.05) is 7.11 Å². The van der Waals surface area contributed by atoms with Crippen LogP contribution in [-0.2, 0) is 11.3 Å². The van der Waals surface area contributed by atoms with Crippen molar-refractivity contribution in [3.63, 3.8) is 0 Å². The molecule has 2 rings (SSSR count). The maximum absolute atomic E-state index is 5.42. The van der Waals surface area contributed by atoms with Crippen molar-refractivity contribution in [2.45, 2.75) is 38.0 Å². The van der Waals surface area contributed by atoms with E-state index in [2.05, 4.69) is 16.4 Å². The summed E-state index contributed by atoms with van der Waals surface area (Å²) in [5.74, 6) is 0. The van der Waals surface area contributed by atoms with E-state index in [4.69, 9.17) is 4.74 Å². The van der Waals surface area contributed by atoms with Crippen molar-refractivity contribution in [1.82, 2.24) is 10.3 Å². The first-order valence-electron chi connectivity index (χ1n) is 5.28. The molecule has 3 heteroatoms. The predicted octanol–water partition coefficient (Wildman–Crippen LogP) is 1.67. The van der Waals surface area contributed by atoms with Crippen LogP contribution in [0.1, 0.15) is 25.0 Å². The molecule has 0 spiro atoms. The highest BCUT2D eigenvalue weighted by molar-refractivity contribution is 5.03. The molecule has 0 aromatic carbocycles. The van der Waals surface area contributed by atoms with Crippen LogP contribution in [0.25, 0.3) is 0 Å². The predicted molar refractivity (Wildman–Crippen MR) is 56.1 cm³/mol. The largest absolute Gasteiger partial charge is 0.380 e. The summed E-state index contributed by atoms with van der Waals surface area (Å²) in [6.07, 6.45) is 6.07. The molecule has 2 N–H and O–H groups in total. The van der Waals surface area contributed by atoms with Gasteiger partial charge in [0.15, 0.2) is 0 Å². The molecule has 1 aliphatic carbocycles. The summed E-state index contributed by atoms with van der Waals surface area (Å²) in [7, 11) is 1.80. The minimum atomic E-state index is 0.407. The van der Waals surface area contributed by atoms with Crippen molar-refractivity contribution in [3.05, 3.63) is 24.0 Å². The Hall–Kier alpha value is -0.800. The Balaban J connectivity index is 1.80. The molecule has 1 aromatic rings. The van der Waals surface area contributed by atoms with Gasteiger partial charge in [0, 0.05) is 31.6 Å². The van der Waals surface area contributed by atoms with Crippen molar-refractivity contribution >= 4 is 0 Å². The fraction of sp³-hybridized carbons (Fsp3) is 0.636. The maximum atomic E-state index is 5.42. The SMILES string of the molecule is COC1CCCC1NCc1ccc[nH]1. The number of rotatable bonds is 4. The Morgan fingerprint density at radius 3 is 3.21 bits per heavy atom. The van der Waals surface area contributed by atoms with Crippen LogP contribution in [-0.4, -0.2) is 24.2 Å². The van der Waals surface area contributed by atoms with Gasteiger partial charge in [-0.15, -0.1) is 0 Å². The summed E-state index contributed by atoms with van der Waals surface area (Å²) in [6, 6.07) is 4.66. The van der Waals surface area contributed by atoms with Crippen LogP contribution in [0.15, 0.2) is 18.3 Å². The smallest absolute Gasteiger partial charge is 0.0724 e. The normalized spacial score (nSPS) is 26.9. The number of nitrogens with one attached hydrogen (secondary N) is 2. The number of hydrogen-bond donors (Lipinski definition) is 2. The van der Waals surface area contributed by atoms with Gasteiger partial charge in [0.1, 0.15) is 0 Å². The van der Waals surface area contributed by atoms with Gasteiger partial charge in [0.05, 0.1) is 6.10 Å². The molecule has 1 aliphatic rings. The molecular weight excluding hydrogens is 176 g/mol. The lowest BCUT2D eigenvalue weighted by Crippen LogP contribution is -2.36. The van der Waals surface area contributed by atoms with Crippen molar-refractivity contribution < 1.29 is 4.74 Å². The first kappa shape index (κ1) is 9.74. The molecular formula is C11H18N2O. The topological polar surface area (TPSA) is 37.0 Å². The van der Waals surface area contributed by atoms with Gasteiger partial charge in [0.25, 0.3) is 0 Å². The lowest BCUT2D eigenvalue weighted by Gasteiger charge is -2.19. The Morgan fingerprint density at radius 2 is 2.50 bits per heavy atom. The molecule has 0 aliphatic heterocycles. The summed E-state index contributed by atoms with van der Waals surface area (Å²) in [4.78, 5) is 3.19. The highest BCUT2D eigenvalue weighted by Gasteiger charge is 2.26. The Labute approximate surface area is 84.9 Å². The molecule has 0 bridgehead atoms. The lowest BCUT2D eigenvalue weighted by atomic mass is 10.2. The molecule has 2 unspecified atom stereocenters. The van der Waals surface area contributed by atoms with E-state index in [1.54, 1.807) is 7.11 Å². The van der Waals surface area contributed by atoms with Crippen LogP contribution in [0.4, 0.5) is 0 Å². The number of aromatic amines is 1. The van der Waals surface area contributed by atoms with Crippen LogP contribution >= 0.6 is 0 Å². The minimum absolute atomic E-state index is 0.407. The number of ether oxygens (including phenoxy) is 1. The van der Waals surface area contributed by atoms with E-state index in [-0.39, 0.29) is 0 Å². The highest BCUT2D eigenvalue weighted by Crippen LogP contribution is 2.21. The molecule has 1 aromatic heterocycles. The van der Waals surface area contributed by atoms with Crippen LogP contribution in [0.2, 0.25) is 0 Å². The fourth-order valence-corrected chi connectivity index (χ4v) is 2.16. The van der Waals surface area contributed by atoms with E-state index in [1.807, 2.05) is 12.3 Å². The van der Waals surface area contributed by atoms with E-state index < -0.39 is 0 Å². The van der Waals surface area contributed by atoms with Crippen LogP contribution in [0.3, 0.4) is 0 Å². The second kappa shape index (κ2) is 4.62. The summed E-state index contributed by atoms with van der Waals surface area (Å²) in [5.41, 5.74) is 1.24. The number of hydrogen-bond acceptors (Lipinski definition) is 2. The molecule has 1 heterocycles. The molecule has 14 heavy (non-hydrogen) atoms. The second-order valence-corrected chi connectivity index (χ2v) is 3.89. The van der Waals surface area contributed by atoms with Crippen LogP contribution in [0.5, 0.6) is 0 Å². The first-order valence-corrected chi connectivity index (χ1v) is 5.28. The van der Waals surface area contributed by atoms with Crippen LogP contribution < -0.4 is 5.32 Å². The average Bonchev–Trinajstić information content (AvgIpc) is 2.85. The third kappa shape index (κ3) is 2.16. The van der Waals surface area contributed by atoms with Gasteiger partial charge in [-0.1, -0.05) is 0 Å². The summed E-state index contributed by atoms with van der Waals surface area (Å²) in [6.45, 7) is 0.914. The first-order chi connectivity index (χ1) is 6.90. The monoisotopic (exact) mass is 194 g/mol. The van der Waals surface area contributed by atoms with Crippen molar-refractivity contribution in [2.24, 2.45) is 0 Å². The van der Waals surface area contributed by atoms with E-state index in [0.717, 1.165) is 6.54 Å². The number of H-pyrrole nitrogens is 1. The minimum Gasteiger partial charge on any atom is -0.380 e. The third-order valence-electron chi connectivity index (χ3n) is 2.97. The standard InChI is InChI=1S/C11H18N2O/c1-14-11-6-2-5-10(11)13-8-9-4-3-7-12-9/h3-4,7,10-13H,2,5-6,8H2,1H3. The van der Waals surface area contributed by atoms with Crippen molar-refractivity contribution in [3.8, 4) is 0 Å². The Morgan fingerprint density at radius 1 is 1.57 bits per heavy atom. The maximum Gasteiger partial charge on any atom is 0.0724 e. The van der Waals surface area contributed by atoms with Gasteiger partial charge in [-0.2, -0.15) is 0 Å². The molecule has 78 valence electrons. The van der Waals surface area contributed by atoms with Gasteiger partial charge in [-0.05, 0) is 31.4 Å². The molecule has 1 saturated carbocycles. The highest BCUT2D eigenvalue weighted by atomic mass is 16.5. The number of methoxy groups -OCH3 is 1. The summed E-state index contributed by atoms with van der Waals surface area (Å²) < 4.78 is 5.42. The molecule has 3 nitrogen and oxygen atoms in total. The van der Waals surface area contributed by atoms with E-state index in [1.165, 1.54) is 25.0 Å². The van der Waals surface area contributed by atoms with E-state index in [0.29, 0.717) is 12.1 Å². The van der Waals surface area contributed by atoms with Gasteiger partial charge in [0.2, 0.25) is 0 Å². The number of aromatic nitrogens is 1. The van der Waals surface area contributed by atoms with Crippen molar-refractivity contribution in [1.29, 1.82) is 0 Å². The van der Waals surface area contributed by atoms with Gasteiger partial charge < -0.3 is 15.0 Å². The van der Waals surface area contributed by atoms with E-state index >= 15 is 0 Å². The molecule has 0 saturated heterocycles. The zero-order chi connectivity index (χ0) is 9.80. The average molecular weight is 194 g/mol. The summed E-state index contributed by atoms with van der Waals surface area (Å²) >= 11 is 0. The molecule has 0 radical (unpaired) electrons. The van der Waals surface area contributed by atoms with Crippen LogP contribution in [0, 0.1) is 0 Å². The zero-order valence-corrected chi connectivity index (χ0v) is 8.62. The molecule has 2 atom stereocenters. The zero-order valence-electron chi connectivity index (χ0n) is 8.62. The van der Waals surface area contributed by atoms with Gasteiger partial charge in [-0.3, -0.25) is 0 Å². The van der Waals surface area contributed by atoms with Gasteiger partial charge in [-0.25, -0.2) is 0 Å². The second-order valence-electron chi connectivity index (χ2n) is 3.89. The lowest BCUT2D eigenvalue weighted by molar-refractivity contribution is 0.0846.